The van der Waals surface area contributed by atoms with Gasteiger partial charge in [-0.3, -0.25) is 4.79 Å². The van der Waals surface area contributed by atoms with Gasteiger partial charge in [0.25, 0.3) is 0 Å². The lowest BCUT2D eigenvalue weighted by molar-refractivity contribution is -0.120. The van der Waals surface area contributed by atoms with Gasteiger partial charge in [-0.1, -0.05) is 30.3 Å². The predicted molar refractivity (Wildman–Crippen MR) is 116 cm³/mol. The normalized spacial score (nSPS) is 14.8. The highest BCUT2D eigenvalue weighted by molar-refractivity contribution is 7.90. The summed E-state index contributed by atoms with van der Waals surface area (Å²) in [7, 11) is -1.37. The predicted octanol–water partition coefficient (Wildman–Crippen LogP) is 3.19. The van der Waals surface area contributed by atoms with Gasteiger partial charge in [-0.15, -0.1) is 0 Å². The quantitative estimate of drug-likeness (QED) is 0.729. The fraction of sp³-hybridized carbons (Fsp3) is 0.409. The number of hydrogen-bond donors (Lipinski definition) is 1. The summed E-state index contributed by atoms with van der Waals surface area (Å²) in [6.45, 7) is 1.34. The van der Waals surface area contributed by atoms with Crippen LogP contribution < -0.4 is 9.62 Å². The van der Waals surface area contributed by atoms with Gasteiger partial charge in [-0.25, -0.2) is 8.70 Å². The fourth-order valence-electron chi connectivity index (χ4n) is 3.67. The fourth-order valence-corrected chi connectivity index (χ4v) is 4.74. The molecule has 0 aromatic heterocycles. The largest absolute Gasteiger partial charge is 0.348 e. The molecule has 0 heterocycles. The first kappa shape index (κ1) is 22.2. The Hall–Kier alpha value is -2.45. The molecule has 0 aliphatic heterocycles. The number of aryl methyl sites for hydroxylation is 2. The highest BCUT2D eigenvalue weighted by Crippen LogP contribution is 2.25. The van der Waals surface area contributed by atoms with Crippen LogP contribution in [0.2, 0.25) is 0 Å². The number of nitrogens with zero attached hydrogens (tertiary/aromatic N) is 2. The molecule has 0 saturated carbocycles. The molecule has 1 atom stereocenters. The van der Waals surface area contributed by atoms with Gasteiger partial charge in [0.2, 0.25) is 5.91 Å². The molecular weight excluding hydrogens is 405 g/mol. The maximum atomic E-state index is 14.3. The first-order valence-electron chi connectivity index (χ1n) is 10.1. The van der Waals surface area contributed by atoms with E-state index in [-0.39, 0.29) is 11.7 Å². The molecule has 2 aromatic rings. The molecule has 0 saturated heterocycles. The van der Waals surface area contributed by atoms with E-state index in [0.29, 0.717) is 0 Å². The molecule has 6 nitrogen and oxygen atoms in total. The number of rotatable bonds is 7. The Morgan fingerprint density at radius 3 is 2.43 bits per heavy atom. The van der Waals surface area contributed by atoms with Crippen LogP contribution in [0, 0.1) is 5.82 Å². The Morgan fingerprint density at radius 1 is 1.10 bits per heavy atom. The van der Waals surface area contributed by atoms with Crippen LogP contribution in [0.15, 0.2) is 42.5 Å². The average molecular weight is 434 g/mol. The minimum atomic E-state index is -4.06. The van der Waals surface area contributed by atoms with Gasteiger partial charge in [0.05, 0.1) is 11.7 Å². The minimum absolute atomic E-state index is 0.164. The van der Waals surface area contributed by atoms with Crippen molar-refractivity contribution in [1.29, 1.82) is 0 Å². The molecule has 2 aromatic carbocycles. The molecule has 1 aliphatic carbocycles. The number of hydrogen-bond acceptors (Lipinski definition) is 3. The summed E-state index contributed by atoms with van der Waals surface area (Å²) in [5.41, 5.74) is 3.47. The summed E-state index contributed by atoms with van der Waals surface area (Å²) in [4.78, 5) is 12.7. The number of carbonyl (C=O) groups excluding carboxylic acids is 1. The van der Waals surface area contributed by atoms with Crippen molar-refractivity contribution in [3.05, 3.63) is 65.0 Å². The van der Waals surface area contributed by atoms with Crippen LogP contribution in [0.4, 0.5) is 10.1 Å². The van der Waals surface area contributed by atoms with E-state index in [2.05, 4.69) is 17.4 Å². The van der Waals surface area contributed by atoms with Crippen molar-refractivity contribution >= 4 is 21.8 Å². The molecule has 1 unspecified atom stereocenters. The average Bonchev–Trinajstić information content (AvgIpc) is 2.72. The summed E-state index contributed by atoms with van der Waals surface area (Å²) in [6, 6.07) is 11.4. The molecule has 1 N–H and O–H groups in total. The monoisotopic (exact) mass is 433 g/mol. The van der Waals surface area contributed by atoms with E-state index < -0.39 is 28.5 Å². The van der Waals surface area contributed by atoms with Crippen molar-refractivity contribution in [2.45, 2.75) is 38.6 Å². The van der Waals surface area contributed by atoms with E-state index in [1.54, 1.807) is 0 Å². The lowest BCUT2D eigenvalue weighted by Crippen LogP contribution is -2.46. The van der Waals surface area contributed by atoms with Crippen LogP contribution in [0.3, 0.4) is 0 Å². The zero-order chi connectivity index (χ0) is 21.9. The molecule has 0 spiro atoms. The third kappa shape index (κ3) is 4.82. The Bertz CT molecular complexity index is 1020. The number of nitrogens with one attached hydrogen (secondary N) is 1. The van der Waals surface area contributed by atoms with Gasteiger partial charge in [0.15, 0.2) is 0 Å². The molecule has 30 heavy (non-hydrogen) atoms. The van der Waals surface area contributed by atoms with E-state index in [4.69, 9.17) is 0 Å². The maximum Gasteiger partial charge on any atom is 0.304 e. The van der Waals surface area contributed by atoms with E-state index in [1.165, 1.54) is 55.9 Å². The van der Waals surface area contributed by atoms with Crippen LogP contribution in [0.25, 0.3) is 0 Å². The molecule has 1 aliphatic rings. The lowest BCUT2D eigenvalue weighted by atomic mass is 9.89. The summed E-state index contributed by atoms with van der Waals surface area (Å²) < 4.78 is 41.5. The summed E-state index contributed by atoms with van der Waals surface area (Å²) >= 11 is 0. The van der Waals surface area contributed by atoms with Crippen molar-refractivity contribution in [3.8, 4) is 0 Å². The Kier molecular flexibility index (Phi) is 6.77. The van der Waals surface area contributed by atoms with Crippen molar-refractivity contribution in [3.63, 3.8) is 0 Å². The second-order valence-corrected chi connectivity index (χ2v) is 9.84. The summed E-state index contributed by atoms with van der Waals surface area (Å²) in [5.74, 6) is -1.22. The van der Waals surface area contributed by atoms with Crippen molar-refractivity contribution in [2.24, 2.45) is 0 Å². The van der Waals surface area contributed by atoms with Crippen LogP contribution in [-0.4, -0.2) is 39.3 Å². The SMILES string of the molecule is CC(NC(=O)CN(c1ccccc1F)S(=O)(=O)N(C)C)c1ccc2c(c1)CCCC2. The number of para-hydroxylation sites is 1. The molecule has 1 amide bonds. The molecule has 8 heteroatoms. The van der Waals surface area contributed by atoms with E-state index in [1.807, 2.05) is 13.0 Å². The number of amides is 1. The van der Waals surface area contributed by atoms with Gasteiger partial charge in [0.1, 0.15) is 12.4 Å². The summed E-state index contributed by atoms with van der Waals surface area (Å²) in [6.07, 6.45) is 4.48. The third-order valence-electron chi connectivity index (χ3n) is 5.40. The minimum Gasteiger partial charge on any atom is -0.348 e. The van der Waals surface area contributed by atoms with Crippen molar-refractivity contribution in [2.75, 3.05) is 24.9 Å². The van der Waals surface area contributed by atoms with Gasteiger partial charge >= 0.3 is 10.2 Å². The van der Waals surface area contributed by atoms with Crippen LogP contribution in [0.5, 0.6) is 0 Å². The first-order chi connectivity index (χ1) is 14.2. The Labute approximate surface area is 177 Å². The first-order valence-corrected chi connectivity index (χ1v) is 11.5. The van der Waals surface area contributed by atoms with E-state index in [9.17, 15) is 17.6 Å². The molecular formula is C22H28FN3O3S. The molecule has 162 valence electrons. The van der Waals surface area contributed by atoms with Crippen molar-refractivity contribution in [1.82, 2.24) is 9.62 Å². The van der Waals surface area contributed by atoms with Gasteiger partial charge in [0, 0.05) is 14.1 Å². The van der Waals surface area contributed by atoms with Crippen molar-refractivity contribution < 1.29 is 17.6 Å². The van der Waals surface area contributed by atoms with Gasteiger partial charge in [-0.2, -0.15) is 12.7 Å². The molecule has 3 rings (SSSR count). The van der Waals surface area contributed by atoms with Crippen LogP contribution >= 0.6 is 0 Å². The number of benzene rings is 2. The third-order valence-corrected chi connectivity index (χ3v) is 7.20. The maximum absolute atomic E-state index is 14.3. The van der Waals surface area contributed by atoms with Crippen LogP contribution in [-0.2, 0) is 27.8 Å². The highest BCUT2D eigenvalue weighted by atomic mass is 32.2. The zero-order valence-electron chi connectivity index (χ0n) is 17.6. The van der Waals surface area contributed by atoms with Gasteiger partial charge in [-0.05, 0) is 61.4 Å². The molecule has 0 bridgehead atoms. The Balaban J connectivity index is 1.78. The number of fused-ring (bicyclic) bond motifs is 1. The Morgan fingerprint density at radius 2 is 1.77 bits per heavy atom. The van der Waals surface area contributed by atoms with Gasteiger partial charge < -0.3 is 5.32 Å². The summed E-state index contributed by atoms with van der Waals surface area (Å²) in [5, 5.41) is 2.85. The number of anilines is 1. The highest BCUT2D eigenvalue weighted by Gasteiger charge is 2.29. The van der Waals surface area contributed by atoms with E-state index >= 15 is 0 Å². The number of carbonyl (C=O) groups is 1. The second kappa shape index (κ2) is 9.14. The molecule has 0 fully saturated rings. The lowest BCUT2D eigenvalue weighted by Gasteiger charge is -2.28. The zero-order valence-corrected chi connectivity index (χ0v) is 18.4. The number of halogens is 1. The smallest absolute Gasteiger partial charge is 0.304 e. The van der Waals surface area contributed by atoms with E-state index in [0.717, 1.165) is 33.4 Å². The second-order valence-electron chi connectivity index (χ2n) is 7.77. The topological polar surface area (TPSA) is 69.7 Å². The standard InChI is InChI=1S/C22H28FN3O3S/c1-16(18-13-12-17-8-4-5-9-19(17)14-18)24-22(27)15-26(30(28,29)25(2)3)21-11-7-6-10-20(21)23/h6-7,10-14,16H,4-5,8-9,15H2,1-3H3,(H,24,27). The molecule has 0 radical (unpaired) electrons. The van der Waals surface area contributed by atoms with Crippen LogP contribution in [0.1, 0.15) is 42.5 Å².